The zero-order valence-corrected chi connectivity index (χ0v) is 12.5. The highest BCUT2D eigenvalue weighted by Gasteiger charge is 2.14. The zero-order chi connectivity index (χ0) is 16.4. The van der Waals surface area contributed by atoms with Crippen LogP contribution in [0.4, 0.5) is 4.39 Å². The summed E-state index contributed by atoms with van der Waals surface area (Å²) in [4.78, 5) is 25.4. The molecule has 3 rings (SSSR count). The predicted octanol–water partition coefficient (Wildman–Crippen LogP) is 2.81. The summed E-state index contributed by atoms with van der Waals surface area (Å²) in [6, 6.07) is 13.0. The molecule has 23 heavy (non-hydrogen) atoms. The van der Waals surface area contributed by atoms with Gasteiger partial charge in [-0.2, -0.15) is 0 Å². The Morgan fingerprint density at radius 2 is 1.78 bits per heavy atom. The summed E-state index contributed by atoms with van der Waals surface area (Å²) in [6.45, 7) is 1.74. The van der Waals surface area contributed by atoms with Crippen LogP contribution < -0.4 is 10.9 Å². The van der Waals surface area contributed by atoms with Crippen molar-refractivity contribution in [2.24, 2.45) is 0 Å². The number of nitrogens with one attached hydrogen (secondary N) is 2. The molecule has 1 atom stereocenters. The molecule has 0 bridgehead atoms. The van der Waals surface area contributed by atoms with Gasteiger partial charge in [0.2, 0.25) is 6.41 Å². The van der Waals surface area contributed by atoms with E-state index in [0.717, 1.165) is 22.0 Å². The van der Waals surface area contributed by atoms with Crippen molar-refractivity contribution in [2.45, 2.75) is 13.0 Å². The molecule has 0 fully saturated rings. The number of halogens is 1. The zero-order valence-electron chi connectivity index (χ0n) is 12.5. The number of aromatic nitrogens is 1. The highest BCUT2D eigenvalue weighted by atomic mass is 19.1. The maximum atomic E-state index is 13.1. The number of benzene rings is 2. The highest BCUT2D eigenvalue weighted by Crippen LogP contribution is 2.25. The minimum atomic E-state index is -0.385. The number of amides is 1. The van der Waals surface area contributed by atoms with Crippen molar-refractivity contribution in [1.82, 2.24) is 10.3 Å². The molecule has 1 amide bonds. The molecule has 3 aromatic rings. The van der Waals surface area contributed by atoms with Gasteiger partial charge >= 0.3 is 0 Å². The number of hydrogen-bond acceptors (Lipinski definition) is 2. The van der Waals surface area contributed by atoms with Crippen LogP contribution in [0.25, 0.3) is 10.9 Å². The molecule has 1 heterocycles. The number of fused-ring (bicyclic) bond motifs is 1. The summed E-state index contributed by atoms with van der Waals surface area (Å²) in [6.07, 6.45) is 0.621. The van der Waals surface area contributed by atoms with Gasteiger partial charge in [0, 0.05) is 11.1 Å². The summed E-state index contributed by atoms with van der Waals surface area (Å²) < 4.78 is 13.1. The van der Waals surface area contributed by atoms with Gasteiger partial charge in [-0.25, -0.2) is 4.39 Å². The Kier molecular flexibility index (Phi) is 3.93. The Balaban J connectivity index is 2.10. The Labute approximate surface area is 132 Å². The van der Waals surface area contributed by atoms with E-state index in [1.54, 1.807) is 31.2 Å². The molecular weight excluding hydrogens is 295 g/mol. The third-order valence-electron chi connectivity index (χ3n) is 3.83. The van der Waals surface area contributed by atoms with Crippen LogP contribution in [0.1, 0.15) is 22.7 Å². The number of H-pyrrole nitrogens is 1. The van der Waals surface area contributed by atoms with Gasteiger partial charge in [-0.3, -0.25) is 9.59 Å². The summed E-state index contributed by atoms with van der Waals surface area (Å²) in [5.41, 5.74) is 2.86. The first-order valence-corrected chi connectivity index (χ1v) is 7.17. The van der Waals surface area contributed by atoms with Gasteiger partial charge in [-0.05, 0) is 53.8 Å². The number of rotatable bonds is 4. The van der Waals surface area contributed by atoms with Gasteiger partial charge in [0.15, 0.2) is 0 Å². The summed E-state index contributed by atoms with van der Waals surface area (Å²) in [7, 11) is 0. The van der Waals surface area contributed by atoms with Crippen molar-refractivity contribution in [2.75, 3.05) is 0 Å². The van der Waals surface area contributed by atoms with Crippen LogP contribution in [-0.4, -0.2) is 11.4 Å². The Bertz CT molecular complexity index is 916. The molecule has 2 aromatic carbocycles. The fourth-order valence-corrected chi connectivity index (χ4v) is 2.62. The van der Waals surface area contributed by atoms with Gasteiger partial charge in [-0.15, -0.1) is 0 Å². The Morgan fingerprint density at radius 1 is 1.09 bits per heavy atom. The third kappa shape index (κ3) is 2.99. The molecule has 0 aliphatic rings. The van der Waals surface area contributed by atoms with E-state index in [2.05, 4.69) is 10.3 Å². The van der Waals surface area contributed by atoms with Crippen LogP contribution in [0.5, 0.6) is 0 Å². The average Bonchev–Trinajstić information content (AvgIpc) is 2.54. The minimum absolute atomic E-state index is 0.119. The number of carbonyl (C=O) groups is 1. The second kappa shape index (κ2) is 6.04. The second-order valence-corrected chi connectivity index (χ2v) is 5.40. The van der Waals surface area contributed by atoms with Crippen molar-refractivity contribution < 1.29 is 9.18 Å². The van der Waals surface area contributed by atoms with Crippen molar-refractivity contribution in [3.8, 4) is 0 Å². The van der Waals surface area contributed by atoms with Crippen LogP contribution in [0.3, 0.4) is 0 Å². The van der Waals surface area contributed by atoms with Crippen molar-refractivity contribution in [3.63, 3.8) is 0 Å². The fourth-order valence-electron chi connectivity index (χ4n) is 2.62. The van der Waals surface area contributed by atoms with Gasteiger partial charge in [0.25, 0.3) is 5.56 Å². The topological polar surface area (TPSA) is 62.0 Å². The molecule has 0 aliphatic carbocycles. The van der Waals surface area contributed by atoms with Gasteiger partial charge in [0.05, 0.1) is 6.04 Å². The van der Waals surface area contributed by atoms with Gasteiger partial charge in [-0.1, -0.05) is 18.2 Å². The molecule has 0 saturated carbocycles. The monoisotopic (exact) mass is 310 g/mol. The number of aryl methyl sites for hydroxylation is 1. The van der Waals surface area contributed by atoms with E-state index in [9.17, 15) is 14.0 Å². The molecule has 5 heteroatoms. The van der Waals surface area contributed by atoms with E-state index >= 15 is 0 Å². The molecule has 116 valence electrons. The molecule has 0 radical (unpaired) electrons. The number of pyridine rings is 1. The molecule has 1 unspecified atom stereocenters. The number of hydrogen-bond donors (Lipinski definition) is 2. The minimum Gasteiger partial charge on any atom is -0.348 e. The smallest absolute Gasteiger partial charge is 0.251 e. The van der Waals surface area contributed by atoms with Gasteiger partial charge in [0.1, 0.15) is 5.82 Å². The molecular formula is C18H15FN2O2. The predicted molar refractivity (Wildman–Crippen MR) is 86.7 cm³/mol. The van der Waals surface area contributed by atoms with E-state index in [-0.39, 0.29) is 17.4 Å². The van der Waals surface area contributed by atoms with Gasteiger partial charge < -0.3 is 10.3 Å². The first-order chi connectivity index (χ1) is 11.1. The lowest BCUT2D eigenvalue weighted by Gasteiger charge is -2.18. The number of aromatic amines is 1. The Hall–Kier alpha value is -2.95. The molecule has 1 aromatic heterocycles. The van der Waals surface area contributed by atoms with Crippen LogP contribution in [0.2, 0.25) is 0 Å². The van der Waals surface area contributed by atoms with E-state index in [4.69, 9.17) is 0 Å². The van der Waals surface area contributed by atoms with E-state index in [1.165, 1.54) is 12.1 Å². The molecule has 0 spiro atoms. The van der Waals surface area contributed by atoms with E-state index in [0.29, 0.717) is 12.0 Å². The first-order valence-electron chi connectivity index (χ1n) is 7.17. The van der Waals surface area contributed by atoms with Crippen LogP contribution >= 0.6 is 0 Å². The average molecular weight is 310 g/mol. The maximum absolute atomic E-state index is 13.1. The second-order valence-electron chi connectivity index (χ2n) is 5.40. The van der Waals surface area contributed by atoms with E-state index < -0.39 is 0 Å². The van der Waals surface area contributed by atoms with Crippen molar-refractivity contribution in [3.05, 3.63) is 81.4 Å². The SMILES string of the molecule is Cc1cc2cc(C(NC=O)c3ccc(F)cc3)ccc2[nH]c1=O. The van der Waals surface area contributed by atoms with Crippen LogP contribution in [0, 0.1) is 12.7 Å². The lowest BCUT2D eigenvalue weighted by atomic mass is 9.97. The van der Waals surface area contributed by atoms with E-state index in [1.807, 2.05) is 12.1 Å². The fraction of sp³-hybridized carbons (Fsp3) is 0.111. The summed E-state index contributed by atoms with van der Waals surface area (Å²) in [5.74, 6) is -0.328. The van der Waals surface area contributed by atoms with Crippen molar-refractivity contribution in [1.29, 1.82) is 0 Å². The normalized spacial score (nSPS) is 12.1. The molecule has 0 aliphatic heterocycles. The van der Waals surface area contributed by atoms with Crippen LogP contribution in [0.15, 0.2) is 53.3 Å². The first kappa shape index (κ1) is 15.0. The molecule has 2 N–H and O–H groups in total. The maximum Gasteiger partial charge on any atom is 0.251 e. The van der Waals surface area contributed by atoms with Crippen molar-refractivity contribution >= 4 is 17.3 Å². The summed E-state index contributed by atoms with van der Waals surface area (Å²) in [5, 5.41) is 3.62. The lowest BCUT2D eigenvalue weighted by Crippen LogP contribution is -2.20. The highest BCUT2D eigenvalue weighted by molar-refractivity contribution is 5.80. The third-order valence-corrected chi connectivity index (χ3v) is 3.83. The largest absolute Gasteiger partial charge is 0.348 e. The lowest BCUT2D eigenvalue weighted by molar-refractivity contribution is -0.110. The number of carbonyl (C=O) groups excluding carboxylic acids is 1. The molecule has 0 saturated heterocycles. The summed E-state index contributed by atoms with van der Waals surface area (Å²) >= 11 is 0. The Morgan fingerprint density at radius 3 is 2.48 bits per heavy atom. The van der Waals surface area contributed by atoms with Crippen LogP contribution in [-0.2, 0) is 4.79 Å². The standard InChI is InChI=1S/C18H15FN2O2/c1-11-8-14-9-13(4-7-16(14)21-18(11)23)17(20-10-22)12-2-5-15(19)6-3-12/h2-10,17H,1H3,(H,20,22)(H,21,23). The molecule has 4 nitrogen and oxygen atoms in total. The quantitative estimate of drug-likeness (QED) is 0.728.